The first kappa shape index (κ1) is 18.1. The van der Waals surface area contributed by atoms with Crippen LogP contribution < -0.4 is 16.0 Å². The third kappa shape index (κ3) is 4.02. The van der Waals surface area contributed by atoms with Gasteiger partial charge in [0, 0.05) is 38.3 Å². The summed E-state index contributed by atoms with van der Waals surface area (Å²) in [5, 5.41) is 11.7. The van der Waals surface area contributed by atoms with E-state index in [-0.39, 0.29) is 12.2 Å². The summed E-state index contributed by atoms with van der Waals surface area (Å²) in [5.74, 6) is 0.722. The highest BCUT2D eigenvalue weighted by molar-refractivity contribution is 5.96. The van der Waals surface area contributed by atoms with Crippen molar-refractivity contribution in [3.05, 3.63) is 71.9 Å². The normalized spacial score (nSPS) is 14.1. The highest BCUT2D eigenvalue weighted by Gasteiger charge is 2.15. The van der Waals surface area contributed by atoms with E-state index >= 15 is 0 Å². The van der Waals surface area contributed by atoms with Crippen molar-refractivity contribution < 1.29 is 4.79 Å². The minimum atomic E-state index is -0.0868. The van der Waals surface area contributed by atoms with Gasteiger partial charge in [-0.05, 0) is 41.0 Å². The minimum Gasteiger partial charge on any atom is -0.398 e. The van der Waals surface area contributed by atoms with Crippen molar-refractivity contribution in [1.29, 1.82) is 0 Å². The van der Waals surface area contributed by atoms with Crippen LogP contribution in [-0.2, 0) is 6.42 Å². The number of carbonyl (C=O) groups excluding carboxylic acids is 1. The second-order valence-corrected chi connectivity index (χ2v) is 6.89. The van der Waals surface area contributed by atoms with Crippen LogP contribution in [-0.4, -0.2) is 42.2 Å². The predicted octanol–water partition coefficient (Wildman–Crippen LogP) is 2.56. The van der Waals surface area contributed by atoms with Crippen LogP contribution in [0.15, 0.2) is 60.7 Å². The molecule has 2 heterocycles. The number of rotatable bonds is 5. The summed E-state index contributed by atoms with van der Waals surface area (Å²) in [6.45, 7) is 3.65. The van der Waals surface area contributed by atoms with Gasteiger partial charge in [-0.3, -0.25) is 4.79 Å². The van der Waals surface area contributed by atoms with E-state index in [1.807, 2.05) is 54.6 Å². The lowest BCUT2D eigenvalue weighted by atomic mass is 9.98. The Labute approximate surface area is 164 Å². The molecule has 3 N–H and O–H groups in total. The van der Waals surface area contributed by atoms with Crippen LogP contribution in [0.4, 0.5) is 11.5 Å². The molecule has 4 rings (SSSR count). The first-order chi connectivity index (χ1) is 13.7. The van der Waals surface area contributed by atoms with E-state index in [9.17, 15) is 4.79 Å². The molecule has 6 nitrogen and oxygen atoms in total. The van der Waals surface area contributed by atoms with E-state index in [2.05, 4.69) is 20.4 Å². The van der Waals surface area contributed by atoms with E-state index in [1.54, 1.807) is 6.07 Å². The summed E-state index contributed by atoms with van der Waals surface area (Å²) in [7, 11) is 0. The van der Waals surface area contributed by atoms with Gasteiger partial charge in [-0.15, -0.1) is 10.2 Å². The average Bonchev–Trinajstić information content (AvgIpc) is 2.76. The van der Waals surface area contributed by atoms with Crippen LogP contribution in [0.1, 0.15) is 16.1 Å². The average molecular weight is 373 g/mol. The highest BCUT2D eigenvalue weighted by Crippen LogP contribution is 2.24. The number of carbonyl (C=O) groups is 1. The number of nitrogens with one attached hydrogen (secondary N) is 1. The molecule has 1 aliphatic rings. The van der Waals surface area contributed by atoms with E-state index < -0.39 is 0 Å². The van der Waals surface area contributed by atoms with Gasteiger partial charge < -0.3 is 16.0 Å². The van der Waals surface area contributed by atoms with Gasteiger partial charge in [0.05, 0.1) is 0 Å². The Morgan fingerprint density at radius 1 is 0.964 bits per heavy atom. The number of nitrogen functional groups attached to an aromatic ring is 1. The zero-order chi connectivity index (χ0) is 19.3. The molecule has 6 heteroatoms. The summed E-state index contributed by atoms with van der Waals surface area (Å²) < 4.78 is 0. The molecule has 0 radical (unpaired) electrons. The maximum absolute atomic E-state index is 12.7. The van der Waals surface area contributed by atoms with Gasteiger partial charge in [0.2, 0.25) is 0 Å². The molecular weight excluding hydrogens is 350 g/mol. The van der Waals surface area contributed by atoms with Crippen molar-refractivity contribution in [3.63, 3.8) is 0 Å². The number of nitrogens with zero attached hydrogens (tertiary/aromatic N) is 3. The van der Waals surface area contributed by atoms with E-state index in [4.69, 9.17) is 5.73 Å². The highest BCUT2D eigenvalue weighted by atomic mass is 16.1. The topological polar surface area (TPSA) is 84.1 Å². The van der Waals surface area contributed by atoms with Gasteiger partial charge in [0.1, 0.15) is 5.69 Å². The second kappa shape index (κ2) is 8.19. The van der Waals surface area contributed by atoms with Gasteiger partial charge in [0.15, 0.2) is 11.6 Å². The third-order valence-electron chi connectivity index (χ3n) is 4.98. The molecule has 3 aromatic rings. The molecule has 0 aliphatic carbocycles. The molecule has 0 amide bonds. The fraction of sp³-hybridized carbons (Fsp3) is 0.227. The zero-order valence-corrected chi connectivity index (χ0v) is 15.6. The van der Waals surface area contributed by atoms with E-state index in [0.717, 1.165) is 48.7 Å². The van der Waals surface area contributed by atoms with Crippen molar-refractivity contribution in [2.75, 3.05) is 36.8 Å². The molecule has 142 valence electrons. The van der Waals surface area contributed by atoms with Gasteiger partial charge in [-0.2, -0.15) is 0 Å². The van der Waals surface area contributed by atoms with Crippen LogP contribution in [0.2, 0.25) is 0 Å². The number of anilines is 2. The lowest BCUT2D eigenvalue weighted by molar-refractivity contribution is 0.0987. The largest absolute Gasteiger partial charge is 0.398 e. The Morgan fingerprint density at radius 3 is 2.46 bits per heavy atom. The molecule has 1 aromatic heterocycles. The lowest BCUT2D eigenvalue weighted by Gasteiger charge is -2.27. The molecule has 1 fully saturated rings. The van der Waals surface area contributed by atoms with Crippen molar-refractivity contribution in [3.8, 4) is 11.1 Å². The van der Waals surface area contributed by atoms with Gasteiger partial charge in [-0.25, -0.2) is 0 Å². The molecule has 1 saturated heterocycles. The second-order valence-electron chi connectivity index (χ2n) is 6.89. The number of Topliss-reactive ketones (excluding diaryl/α,β-unsaturated/α-hetero) is 1. The van der Waals surface area contributed by atoms with Gasteiger partial charge in [-0.1, -0.05) is 36.4 Å². The molecule has 28 heavy (non-hydrogen) atoms. The van der Waals surface area contributed by atoms with Crippen molar-refractivity contribution in [1.82, 2.24) is 15.5 Å². The summed E-state index contributed by atoms with van der Waals surface area (Å²) in [6.07, 6.45) is 0.203. The quantitative estimate of drug-likeness (QED) is 0.528. The fourth-order valence-electron chi connectivity index (χ4n) is 3.37. The molecular formula is C22H23N5O. The summed E-state index contributed by atoms with van der Waals surface area (Å²) in [5.41, 5.74) is 10.0. The Kier molecular flexibility index (Phi) is 5.30. The monoisotopic (exact) mass is 373 g/mol. The Balaban J connectivity index is 1.50. The van der Waals surface area contributed by atoms with Crippen molar-refractivity contribution in [2.24, 2.45) is 0 Å². The predicted molar refractivity (Wildman–Crippen MR) is 111 cm³/mol. The Morgan fingerprint density at radius 2 is 1.75 bits per heavy atom. The standard InChI is InChI=1S/C22H23N5O/c23-19-7-6-17(16-4-2-1-3-5-16)14-18(19)15-21(28)20-8-9-22(26-25-20)27-12-10-24-11-13-27/h1-9,14,24H,10-13,15,23H2. The van der Waals surface area contributed by atoms with Crippen LogP contribution >= 0.6 is 0 Å². The smallest absolute Gasteiger partial charge is 0.187 e. The summed E-state index contributed by atoms with van der Waals surface area (Å²) in [4.78, 5) is 14.9. The Hall–Kier alpha value is -3.25. The van der Waals surface area contributed by atoms with E-state index in [0.29, 0.717) is 11.4 Å². The Bertz CT molecular complexity index is 950. The molecule has 0 bridgehead atoms. The van der Waals surface area contributed by atoms with Crippen molar-refractivity contribution in [2.45, 2.75) is 6.42 Å². The van der Waals surface area contributed by atoms with Gasteiger partial charge >= 0.3 is 0 Å². The number of benzene rings is 2. The molecule has 0 saturated carbocycles. The zero-order valence-electron chi connectivity index (χ0n) is 15.6. The minimum absolute atomic E-state index is 0.0868. The first-order valence-electron chi connectivity index (χ1n) is 9.47. The SMILES string of the molecule is Nc1ccc(-c2ccccc2)cc1CC(=O)c1ccc(N2CCNCC2)nn1. The van der Waals surface area contributed by atoms with Crippen LogP contribution in [0.3, 0.4) is 0 Å². The number of hydrogen-bond donors (Lipinski definition) is 2. The first-order valence-corrected chi connectivity index (χ1v) is 9.47. The van der Waals surface area contributed by atoms with Crippen LogP contribution in [0.25, 0.3) is 11.1 Å². The number of nitrogens with two attached hydrogens (primary N) is 1. The maximum Gasteiger partial charge on any atom is 0.187 e. The molecule has 0 spiro atoms. The number of piperazine rings is 1. The van der Waals surface area contributed by atoms with E-state index in [1.165, 1.54) is 0 Å². The summed E-state index contributed by atoms with van der Waals surface area (Å²) >= 11 is 0. The third-order valence-corrected chi connectivity index (χ3v) is 4.98. The number of aromatic nitrogens is 2. The van der Waals surface area contributed by atoms with Gasteiger partial charge in [0.25, 0.3) is 0 Å². The van der Waals surface area contributed by atoms with Crippen molar-refractivity contribution >= 4 is 17.3 Å². The van der Waals surface area contributed by atoms with Crippen LogP contribution in [0, 0.1) is 0 Å². The molecule has 2 aromatic carbocycles. The molecule has 0 unspecified atom stereocenters. The fourth-order valence-corrected chi connectivity index (χ4v) is 3.37. The maximum atomic E-state index is 12.7. The number of hydrogen-bond acceptors (Lipinski definition) is 6. The number of ketones is 1. The van der Waals surface area contributed by atoms with Crippen LogP contribution in [0.5, 0.6) is 0 Å². The molecule has 1 aliphatic heterocycles. The lowest BCUT2D eigenvalue weighted by Crippen LogP contribution is -2.44. The molecule has 0 atom stereocenters. The summed E-state index contributed by atoms with van der Waals surface area (Å²) in [6, 6.07) is 19.5.